The van der Waals surface area contributed by atoms with Gasteiger partial charge in [0.1, 0.15) is 5.82 Å². The highest BCUT2D eigenvalue weighted by atomic mass is 19.1. The fraction of sp³-hybridized carbons (Fsp3) is 0.423. The molecule has 8 heteroatoms. The van der Waals surface area contributed by atoms with Gasteiger partial charge < -0.3 is 19.9 Å². The molecule has 0 aliphatic heterocycles. The molecule has 0 bridgehead atoms. The average Bonchev–Trinajstić information content (AvgIpc) is 3.25. The zero-order valence-electron chi connectivity index (χ0n) is 19.7. The first-order chi connectivity index (χ1) is 16.5. The molecule has 2 N–H and O–H groups in total. The molecule has 1 heterocycles. The lowest BCUT2D eigenvalue weighted by molar-refractivity contribution is -0.120. The van der Waals surface area contributed by atoms with Crippen molar-refractivity contribution in [3.8, 4) is 0 Å². The first kappa shape index (κ1) is 23.9. The van der Waals surface area contributed by atoms with Crippen LogP contribution in [-0.2, 0) is 22.6 Å². The van der Waals surface area contributed by atoms with Crippen LogP contribution in [0.4, 0.5) is 10.1 Å². The minimum atomic E-state index is -0.345. The van der Waals surface area contributed by atoms with Crippen molar-refractivity contribution in [2.45, 2.75) is 52.1 Å². The normalized spacial score (nSPS) is 14.3. The summed E-state index contributed by atoms with van der Waals surface area (Å²) in [6, 6.07) is 8.01. The Morgan fingerprint density at radius 3 is 2.74 bits per heavy atom. The lowest BCUT2D eigenvalue weighted by atomic mass is 9.88. The van der Waals surface area contributed by atoms with Crippen molar-refractivity contribution in [3.05, 3.63) is 59.2 Å². The molecule has 3 aromatic rings. The summed E-state index contributed by atoms with van der Waals surface area (Å²) >= 11 is 0. The van der Waals surface area contributed by atoms with E-state index < -0.39 is 0 Å². The van der Waals surface area contributed by atoms with Gasteiger partial charge in [0.15, 0.2) is 0 Å². The van der Waals surface area contributed by atoms with Gasteiger partial charge in [-0.2, -0.15) is 0 Å². The monoisotopic (exact) mass is 466 g/mol. The van der Waals surface area contributed by atoms with Crippen LogP contribution in [0.5, 0.6) is 0 Å². The summed E-state index contributed by atoms with van der Waals surface area (Å²) in [5.41, 5.74) is 3.83. The van der Waals surface area contributed by atoms with E-state index in [1.165, 1.54) is 18.6 Å². The van der Waals surface area contributed by atoms with Crippen LogP contribution in [0.1, 0.15) is 53.6 Å². The van der Waals surface area contributed by atoms with E-state index in [0.717, 1.165) is 31.2 Å². The minimum Gasteiger partial charge on any atom is -0.383 e. The summed E-state index contributed by atoms with van der Waals surface area (Å²) in [6.45, 7) is 3.06. The summed E-state index contributed by atoms with van der Waals surface area (Å²) in [5, 5.41) is 5.90. The number of aromatic nitrogens is 2. The van der Waals surface area contributed by atoms with Gasteiger partial charge in [0, 0.05) is 31.8 Å². The van der Waals surface area contributed by atoms with E-state index in [1.54, 1.807) is 31.6 Å². The molecule has 7 nitrogen and oxygen atoms in total. The molecular weight excluding hydrogens is 435 g/mol. The molecular formula is C26H31FN4O3. The van der Waals surface area contributed by atoms with Gasteiger partial charge in [-0.1, -0.05) is 25.3 Å². The van der Waals surface area contributed by atoms with Crippen LogP contribution in [-0.4, -0.2) is 35.1 Å². The predicted molar refractivity (Wildman–Crippen MR) is 129 cm³/mol. The Bertz CT molecular complexity index is 1180. The summed E-state index contributed by atoms with van der Waals surface area (Å²) < 4.78 is 20.7. The van der Waals surface area contributed by atoms with Crippen LogP contribution in [0.15, 0.2) is 36.7 Å². The van der Waals surface area contributed by atoms with Crippen LogP contribution >= 0.6 is 0 Å². The van der Waals surface area contributed by atoms with Gasteiger partial charge in [-0.05, 0) is 55.2 Å². The topological polar surface area (TPSA) is 85.2 Å². The fourth-order valence-electron chi connectivity index (χ4n) is 4.52. The van der Waals surface area contributed by atoms with Gasteiger partial charge in [0.25, 0.3) is 5.91 Å². The largest absolute Gasteiger partial charge is 0.383 e. The highest BCUT2D eigenvalue weighted by molar-refractivity contribution is 6.07. The Balaban J connectivity index is 1.62. The number of ether oxygens (including phenoxy) is 1. The van der Waals surface area contributed by atoms with Gasteiger partial charge in [0.2, 0.25) is 5.91 Å². The summed E-state index contributed by atoms with van der Waals surface area (Å²) in [6.07, 6.45) is 6.75. The number of carbonyl (C=O) groups excluding carboxylic acids is 2. The van der Waals surface area contributed by atoms with Crippen molar-refractivity contribution in [2.24, 2.45) is 5.92 Å². The Kier molecular flexibility index (Phi) is 7.57. The number of imidazole rings is 1. The second-order valence-corrected chi connectivity index (χ2v) is 8.90. The molecule has 34 heavy (non-hydrogen) atoms. The molecule has 2 amide bonds. The predicted octanol–water partition coefficient (Wildman–Crippen LogP) is 4.58. The average molecular weight is 467 g/mol. The molecule has 1 aliphatic rings. The SMILES string of the molecule is COCCn1cnc2cc(NC(=O)C3CCCCC3)cc(C(=O)NCc3cc(F)ccc3C)c21. The third kappa shape index (κ3) is 5.44. The van der Waals surface area contributed by atoms with E-state index in [1.807, 2.05) is 11.5 Å². The molecule has 0 radical (unpaired) electrons. The number of methoxy groups -OCH3 is 1. The number of aryl methyl sites for hydroxylation is 1. The molecule has 2 aromatic carbocycles. The zero-order chi connectivity index (χ0) is 24.1. The second-order valence-electron chi connectivity index (χ2n) is 8.90. The highest BCUT2D eigenvalue weighted by Gasteiger charge is 2.23. The third-order valence-corrected chi connectivity index (χ3v) is 6.49. The molecule has 0 saturated heterocycles. The number of nitrogens with zero attached hydrogens (tertiary/aromatic N) is 2. The van der Waals surface area contributed by atoms with Crippen LogP contribution in [0.25, 0.3) is 11.0 Å². The number of fused-ring (bicyclic) bond motifs is 1. The maximum atomic E-state index is 13.7. The Hall–Kier alpha value is -3.26. The van der Waals surface area contributed by atoms with E-state index in [2.05, 4.69) is 15.6 Å². The maximum absolute atomic E-state index is 13.7. The van der Waals surface area contributed by atoms with Gasteiger partial charge in [0.05, 0.1) is 29.5 Å². The number of halogens is 1. The summed E-state index contributed by atoms with van der Waals surface area (Å²) in [7, 11) is 1.62. The highest BCUT2D eigenvalue weighted by Crippen LogP contribution is 2.28. The van der Waals surface area contributed by atoms with Crippen molar-refractivity contribution in [1.82, 2.24) is 14.9 Å². The van der Waals surface area contributed by atoms with Crippen molar-refractivity contribution in [2.75, 3.05) is 19.0 Å². The fourth-order valence-corrected chi connectivity index (χ4v) is 4.52. The van der Waals surface area contributed by atoms with E-state index in [9.17, 15) is 14.0 Å². The Labute approximate surface area is 198 Å². The number of hydrogen-bond donors (Lipinski definition) is 2. The Morgan fingerprint density at radius 2 is 1.97 bits per heavy atom. The molecule has 0 unspecified atom stereocenters. The number of amides is 2. The van der Waals surface area contributed by atoms with Gasteiger partial charge >= 0.3 is 0 Å². The second kappa shape index (κ2) is 10.8. The van der Waals surface area contributed by atoms with Crippen molar-refractivity contribution in [3.63, 3.8) is 0 Å². The smallest absolute Gasteiger partial charge is 0.253 e. The van der Waals surface area contributed by atoms with Gasteiger partial charge in [-0.15, -0.1) is 0 Å². The van der Waals surface area contributed by atoms with Crippen molar-refractivity contribution >= 4 is 28.5 Å². The van der Waals surface area contributed by atoms with Crippen LogP contribution in [0, 0.1) is 18.7 Å². The van der Waals surface area contributed by atoms with Crippen LogP contribution in [0.2, 0.25) is 0 Å². The molecule has 1 saturated carbocycles. The molecule has 0 atom stereocenters. The Morgan fingerprint density at radius 1 is 1.18 bits per heavy atom. The van der Waals surface area contributed by atoms with Crippen LogP contribution < -0.4 is 10.6 Å². The third-order valence-electron chi connectivity index (χ3n) is 6.49. The van der Waals surface area contributed by atoms with Crippen molar-refractivity contribution in [1.29, 1.82) is 0 Å². The standard InChI is InChI=1S/C26H31FN4O3/c1-17-8-9-20(27)12-19(17)15-28-26(33)22-13-21(30-25(32)18-6-4-3-5-7-18)14-23-24(22)31(16-29-23)10-11-34-2/h8-9,12-14,16,18H,3-7,10-11,15H2,1-2H3,(H,28,33)(H,30,32). The number of anilines is 1. The molecule has 1 aliphatic carbocycles. The first-order valence-corrected chi connectivity index (χ1v) is 11.8. The molecule has 4 rings (SSSR count). The molecule has 1 fully saturated rings. The lowest BCUT2D eigenvalue weighted by Crippen LogP contribution is -2.26. The van der Waals surface area contributed by atoms with Gasteiger partial charge in [-0.25, -0.2) is 9.37 Å². The summed E-state index contributed by atoms with van der Waals surface area (Å²) in [5.74, 6) is -0.680. The van der Waals surface area contributed by atoms with Crippen molar-refractivity contribution < 1.29 is 18.7 Å². The molecule has 180 valence electrons. The molecule has 1 aromatic heterocycles. The number of rotatable bonds is 8. The quantitative estimate of drug-likeness (QED) is 0.509. The van der Waals surface area contributed by atoms with Gasteiger partial charge in [-0.3, -0.25) is 9.59 Å². The van der Waals surface area contributed by atoms with E-state index in [0.29, 0.717) is 41.0 Å². The van der Waals surface area contributed by atoms with Crippen LogP contribution in [0.3, 0.4) is 0 Å². The van der Waals surface area contributed by atoms with E-state index >= 15 is 0 Å². The first-order valence-electron chi connectivity index (χ1n) is 11.8. The zero-order valence-corrected chi connectivity index (χ0v) is 19.7. The minimum absolute atomic E-state index is 0.00284. The lowest BCUT2D eigenvalue weighted by Gasteiger charge is -2.21. The number of benzene rings is 2. The maximum Gasteiger partial charge on any atom is 0.253 e. The van der Waals surface area contributed by atoms with E-state index in [-0.39, 0.29) is 30.1 Å². The summed E-state index contributed by atoms with van der Waals surface area (Å²) in [4.78, 5) is 30.6. The number of hydrogen-bond acceptors (Lipinski definition) is 4. The molecule has 0 spiro atoms. The van der Waals surface area contributed by atoms with E-state index in [4.69, 9.17) is 4.74 Å². The number of nitrogens with one attached hydrogen (secondary N) is 2. The number of carbonyl (C=O) groups is 2.